The van der Waals surface area contributed by atoms with E-state index in [0.717, 1.165) is 18.4 Å². The van der Waals surface area contributed by atoms with Crippen molar-refractivity contribution in [2.24, 2.45) is 0 Å². The summed E-state index contributed by atoms with van der Waals surface area (Å²) in [5, 5.41) is 0. The van der Waals surface area contributed by atoms with Crippen LogP contribution in [0.3, 0.4) is 0 Å². The first kappa shape index (κ1) is 34.6. The molecule has 0 N–H and O–H groups in total. The Hall–Kier alpha value is -0.870. The zero-order valence-electron chi connectivity index (χ0n) is 27.2. The predicted octanol–water partition coefficient (Wildman–Crippen LogP) is 10.9. The summed E-state index contributed by atoms with van der Waals surface area (Å²) in [6.07, 6.45) is 40.3. The lowest BCUT2D eigenvalue weighted by atomic mass is 10.0. The van der Waals surface area contributed by atoms with Crippen LogP contribution in [0.15, 0.2) is 11.6 Å². The maximum absolute atomic E-state index is 11.6. The standard InChI is InChI=1S/C37H66O4/c1-3-4-5-6-7-17-20-23-26-33-35(40-33)28-29-36-34(41-36)27-24-21-18-15-13-11-9-8-10-12-14-16-19-22-25-32-30-31(2)39-37(32)38/h30-31,33-36H,3-29H2,1-2H3/t31-,33-,34-,35-,36-/m1/s1. The molecule has 4 heteroatoms. The van der Waals surface area contributed by atoms with E-state index in [1.54, 1.807) is 0 Å². The van der Waals surface area contributed by atoms with Gasteiger partial charge in [-0.3, -0.25) is 0 Å². The average molecular weight is 575 g/mol. The number of ether oxygens (including phenoxy) is 3. The van der Waals surface area contributed by atoms with Crippen LogP contribution in [0.4, 0.5) is 0 Å². The summed E-state index contributed by atoms with van der Waals surface area (Å²) >= 11 is 0. The van der Waals surface area contributed by atoms with Gasteiger partial charge in [-0.1, -0.05) is 142 Å². The average Bonchev–Trinajstić information content (AvgIpc) is 3.87. The van der Waals surface area contributed by atoms with Gasteiger partial charge in [0.05, 0.1) is 24.4 Å². The molecule has 0 bridgehead atoms. The highest BCUT2D eigenvalue weighted by atomic mass is 16.6. The fourth-order valence-electron chi connectivity index (χ4n) is 6.78. The molecule has 0 spiro atoms. The summed E-state index contributed by atoms with van der Waals surface area (Å²) in [5.41, 5.74) is 0.898. The number of hydrogen-bond donors (Lipinski definition) is 0. The highest BCUT2D eigenvalue weighted by molar-refractivity contribution is 5.90. The molecule has 0 aromatic heterocycles. The number of epoxide rings is 2. The molecule has 238 valence electrons. The number of cyclic esters (lactones) is 1. The zero-order chi connectivity index (χ0) is 29.0. The summed E-state index contributed by atoms with van der Waals surface area (Å²) in [7, 11) is 0. The van der Waals surface area contributed by atoms with Crippen molar-refractivity contribution in [3.05, 3.63) is 11.6 Å². The zero-order valence-corrected chi connectivity index (χ0v) is 27.2. The highest BCUT2D eigenvalue weighted by Crippen LogP contribution is 2.37. The Labute approximate surface area is 254 Å². The lowest BCUT2D eigenvalue weighted by molar-refractivity contribution is -0.139. The molecule has 41 heavy (non-hydrogen) atoms. The van der Waals surface area contributed by atoms with Crippen LogP contribution in [-0.4, -0.2) is 36.5 Å². The van der Waals surface area contributed by atoms with Gasteiger partial charge in [-0.2, -0.15) is 0 Å². The Morgan fingerprint density at radius 2 is 0.878 bits per heavy atom. The van der Waals surface area contributed by atoms with Crippen LogP contribution in [0.1, 0.15) is 187 Å². The Kier molecular flexibility index (Phi) is 18.4. The Morgan fingerprint density at radius 3 is 1.27 bits per heavy atom. The summed E-state index contributed by atoms with van der Waals surface area (Å²) in [4.78, 5) is 11.6. The van der Waals surface area contributed by atoms with Gasteiger partial charge in [0.25, 0.3) is 0 Å². The van der Waals surface area contributed by atoms with Crippen molar-refractivity contribution >= 4 is 5.97 Å². The number of carbonyl (C=O) groups excluding carboxylic acids is 1. The van der Waals surface area contributed by atoms with Crippen molar-refractivity contribution in [1.82, 2.24) is 0 Å². The molecule has 0 amide bonds. The van der Waals surface area contributed by atoms with E-state index >= 15 is 0 Å². The fraction of sp³-hybridized carbons (Fsp3) is 0.919. The predicted molar refractivity (Wildman–Crippen MR) is 171 cm³/mol. The number of unbranched alkanes of at least 4 members (excludes halogenated alkanes) is 20. The Bertz CT molecular complexity index is 703. The van der Waals surface area contributed by atoms with Crippen LogP contribution in [0.25, 0.3) is 0 Å². The first-order valence-electron chi connectivity index (χ1n) is 18.4. The van der Waals surface area contributed by atoms with E-state index in [2.05, 4.69) is 6.92 Å². The molecule has 0 radical (unpaired) electrons. The lowest BCUT2D eigenvalue weighted by Crippen LogP contribution is -2.03. The van der Waals surface area contributed by atoms with Crippen LogP contribution in [0.5, 0.6) is 0 Å². The number of esters is 1. The topological polar surface area (TPSA) is 51.4 Å². The molecule has 5 atom stereocenters. The molecule has 0 unspecified atom stereocenters. The van der Waals surface area contributed by atoms with Crippen LogP contribution < -0.4 is 0 Å². The smallest absolute Gasteiger partial charge is 0.334 e. The second kappa shape index (κ2) is 21.8. The molecule has 3 rings (SSSR count). The van der Waals surface area contributed by atoms with E-state index in [1.165, 1.54) is 161 Å². The van der Waals surface area contributed by atoms with E-state index in [0.29, 0.717) is 24.4 Å². The normalized spacial score (nSPS) is 25.0. The van der Waals surface area contributed by atoms with Crippen molar-refractivity contribution in [1.29, 1.82) is 0 Å². The minimum Gasteiger partial charge on any atom is -0.455 e. The highest BCUT2D eigenvalue weighted by Gasteiger charge is 2.42. The maximum atomic E-state index is 11.6. The molecule has 0 aromatic carbocycles. The van der Waals surface area contributed by atoms with E-state index < -0.39 is 0 Å². The molecule has 0 saturated carbocycles. The van der Waals surface area contributed by atoms with Crippen molar-refractivity contribution < 1.29 is 19.0 Å². The monoisotopic (exact) mass is 574 g/mol. The second-order valence-corrected chi connectivity index (χ2v) is 13.6. The van der Waals surface area contributed by atoms with Gasteiger partial charge in [0, 0.05) is 5.57 Å². The number of hydrogen-bond acceptors (Lipinski definition) is 4. The van der Waals surface area contributed by atoms with Crippen LogP contribution >= 0.6 is 0 Å². The molecular formula is C37H66O4. The van der Waals surface area contributed by atoms with Gasteiger partial charge < -0.3 is 14.2 Å². The van der Waals surface area contributed by atoms with Gasteiger partial charge in [-0.15, -0.1) is 0 Å². The first-order valence-corrected chi connectivity index (χ1v) is 18.4. The van der Waals surface area contributed by atoms with E-state index in [-0.39, 0.29) is 12.1 Å². The largest absolute Gasteiger partial charge is 0.455 e. The van der Waals surface area contributed by atoms with Gasteiger partial charge in [-0.05, 0) is 51.5 Å². The summed E-state index contributed by atoms with van der Waals surface area (Å²) < 4.78 is 17.0. The van der Waals surface area contributed by atoms with Crippen LogP contribution in [-0.2, 0) is 19.0 Å². The molecule has 0 aliphatic carbocycles. The van der Waals surface area contributed by atoms with E-state index in [9.17, 15) is 4.79 Å². The Balaban J connectivity index is 0.965. The molecule has 4 nitrogen and oxygen atoms in total. The van der Waals surface area contributed by atoms with E-state index in [1.807, 2.05) is 13.0 Å². The molecule has 0 aromatic rings. The lowest BCUT2D eigenvalue weighted by Gasteiger charge is -2.04. The third-order valence-electron chi connectivity index (χ3n) is 9.63. The molecule has 2 saturated heterocycles. The first-order chi connectivity index (χ1) is 20.2. The van der Waals surface area contributed by atoms with Crippen molar-refractivity contribution in [2.75, 3.05) is 0 Å². The second-order valence-electron chi connectivity index (χ2n) is 13.6. The summed E-state index contributed by atoms with van der Waals surface area (Å²) in [5.74, 6) is -0.0916. The Morgan fingerprint density at radius 1 is 0.512 bits per heavy atom. The minimum atomic E-state index is -0.0916. The minimum absolute atomic E-state index is 0.0200. The van der Waals surface area contributed by atoms with Gasteiger partial charge in [0.1, 0.15) is 6.10 Å². The molecule has 3 heterocycles. The number of carbonyl (C=O) groups is 1. The fourth-order valence-corrected chi connectivity index (χ4v) is 6.78. The SMILES string of the molecule is CCCCCCCCCC[C@H]1O[C@@H]1CC[C@H]1O[C@@H]1CCCCCCCCCCCCCCCCC1=C[C@@H](C)OC1=O. The van der Waals surface area contributed by atoms with E-state index in [4.69, 9.17) is 14.2 Å². The third kappa shape index (κ3) is 16.5. The van der Waals surface area contributed by atoms with Crippen molar-refractivity contribution in [3.63, 3.8) is 0 Å². The van der Waals surface area contributed by atoms with Gasteiger partial charge in [0.15, 0.2) is 0 Å². The third-order valence-corrected chi connectivity index (χ3v) is 9.63. The quantitative estimate of drug-likeness (QED) is 0.0506. The van der Waals surface area contributed by atoms with Crippen LogP contribution in [0.2, 0.25) is 0 Å². The maximum Gasteiger partial charge on any atom is 0.334 e. The molecule has 2 fully saturated rings. The molecule has 3 aliphatic rings. The molecule has 3 aliphatic heterocycles. The van der Waals surface area contributed by atoms with Crippen molar-refractivity contribution in [3.8, 4) is 0 Å². The van der Waals surface area contributed by atoms with Crippen LogP contribution in [0, 0.1) is 0 Å². The molecular weight excluding hydrogens is 508 g/mol. The van der Waals surface area contributed by atoms with Gasteiger partial charge in [-0.25, -0.2) is 4.79 Å². The van der Waals surface area contributed by atoms with Crippen molar-refractivity contribution in [2.45, 2.75) is 218 Å². The number of rotatable bonds is 29. The summed E-state index contributed by atoms with van der Waals surface area (Å²) in [6.45, 7) is 4.22. The summed E-state index contributed by atoms with van der Waals surface area (Å²) in [6, 6.07) is 0. The van der Waals surface area contributed by atoms with Gasteiger partial charge >= 0.3 is 5.97 Å². The van der Waals surface area contributed by atoms with Gasteiger partial charge in [0.2, 0.25) is 0 Å².